The van der Waals surface area contributed by atoms with Crippen LogP contribution in [0.2, 0.25) is 0 Å². The van der Waals surface area contributed by atoms with Crippen molar-refractivity contribution in [2.24, 2.45) is 0 Å². The third kappa shape index (κ3) is 1.42. The van der Waals surface area contributed by atoms with E-state index in [2.05, 4.69) is 44.1 Å². The van der Waals surface area contributed by atoms with Crippen molar-refractivity contribution in [1.82, 2.24) is 4.90 Å². The average molecular weight is 189 g/mol. The average Bonchev–Trinajstić information content (AvgIpc) is 2.63. The van der Waals surface area contributed by atoms with Gasteiger partial charge in [0.15, 0.2) is 0 Å². The van der Waals surface area contributed by atoms with Crippen LogP contribution in [0.5, 0.6) is 0 Å². The van der Waals surface area contributed by atoms with Crippen LogP contribution in [0, 0.1) is 0 Å². The third-order valence-corrected chi connectivity index (χ3v) is 2.71. The molecular formula is C12H15NO. The van der Waals surface area contributed by atoms with Gasteiger partial charge in [-0.3, -0.25) is 4.90 Å². The lowest BCUT2D eigenvalue weighted by atomic mass is 10.1. The predicted octanol–water partition coefficient (Wildman–Crippen LogP) is 3.01. The standard InChI is InChI=1S/C12H15NO/c1-9(13(2)3)12-11-6-4-5-10(11)7-8-14-12/h4-9H,1-3H3. The molecule has 0 N–H and O–H groups in total. The normalized spacial score (nSPS) is 13.7. The zero-order valence-corrected chi connectivity index (χ0v) is 8.82. The second kappa shape index (κ2) is 3.46. The van der Waals surface area contributed by atoms with Gasteiger partial charge in [-0.1, -0.05) is 18.2 Å². The van der Waals surface area contributed by atoms with Gasteiger partial charge in [-0.2, -0.15) is 0 Å². The maximum absolute atomic E-state index is 5.58. The summed E-state index contributed by atoms with van der Waals surface area (Å²) in [7, 11) is 4.12. The Morgan fingerprint density at radius 3 is 2.71 bits per heavy atom. The van der Waals surface area contributed by atoms with Gasteiger partial charge < -0.3 is 4.42 Å². The molecule has 2 heteroatoms. The van der Waals surface area contributed by atoms with Crippen LogP contribution < -0.4 is 0 Å². The molecule has 2 rings (SSSR count). The Kier molecular flexibility index (Phi) is 2.30. The lowest BCUT2D eigenvalue weighted by Gasteiger charge is -2.20. The Labute approximate surface area is 84.5 Å². The molecule has 0 bridgehead atoms. The second-order valence-corrected chi connectivity index (χ2v) is 3.82. The topological polar surface area (TPSA) is 16.4 Å². The van der Waals surface area contributed by atoms with E-state index in [9.17, 15) is 0 Å². The van der Waals surface area contributed by atoms with Gasteiger partial charge in [-0.15, -0.1) is 0 Å². The van der Waals surface area contributed by atoms with E-state index in [4.69, 9.17) is 4.42 Å². The van der Waals surface area contributed by atoms with Gasteiger partial charge in [0, 0.05) is 5.56 Å². The first kappa shape index (κ1) is 9.28. The van der Waals surface area contributed by atoms with Gasteiger partial charge in [-0.25, -0.2) is 0 Å². The molecule has 0 aromatic rings. The molecule has 74 valence electrons. The highest BCUT2D eigenvalue weighted by atomic mass is 16.3. The minimum atomic E-state index is 0.307. The zero-order valence-electron chi connectivity index (χ0n) is 8.82. The molecule has 2 nitrogen and oxygen atoms in total. The van der Waals surface area contributed by atoms with Crippen LogP contribution in [-0.4, -0.2) is 19.0 Å². The van der Waals surface area contributed by atoms with Crippen LogP contribution in [0.15, 0.2) is 34.9 Å². The lowest BCUT2D eigenvalue weighted by Crippen LogP contribution is -2.17. The fourth-order valence-electron chi connectivity index (χ4n) is 1.61. The van der Waals surface area contributed by atoms with Gasteiger partial charge in [-0.05, 0) is 32.6 Å². The van der Waals surface area contributed by atoms with E-state index < -0.39 is 0 Å². The minimum absolute atomic E-state index is 0.307. The van der Waals surface area contributed by atoms with Crippen LogP contribution >= 0.6 is 0 Å². The lowest BCUT2D eigenvalue weighted by molar-refractivity contribution is 0.274. The molecule has 1 unspecified atom stereocenters. The molecule has 0 spiro atoms. The molecule has 0 aromatic carbocycles. The van der Waals surface area contributed by atoms with Crippen molar-refractivity contribution in [2.75, 3.05) is 14.1 Å². The van der Waals surface area contributed by atoms with E-state index in [0.29, 0.717) is 6.04 Å². The largest absolute Gasteiger partial charge is 0.467 e. The Morgan fingerprint density at radius 1 is 1.21 bits per heavy atom. The first-order valence-corrected chi connectivity index (χ1v) is 4.82. The van der Waals surface area contributed by atoms with E-state index in [1.807, 2.05) is 6.07 Å². The van der Waals surface area contributed by atoms with E-state index >= 15 is 0 Å². The molecule has 1 atom stereocenters. The molecule has 0 saturated carbocycles. The fourth-order valence-corrected chi connectivity index (χ4v) is 1.61. The van der Waals surface area contributed by atoms with Crippen LogP contribution in [0.1, 0.15) is 18.7 Å². The van der Waals surface area contributed by atoms with Crippen LogP contribution in [0.3, 0.4) is 0 Å². The molecule has 1 heterocycles. The summed E-state index contributed by atoms with van der Waals surface area (Å²) in [5.41, 5.74) is 2.47. The molecule has 0 aromatic heterocycles. The predicted molar refractivity (Wildman–Crippen MR) is 57.4 cm³/mol. The summed E-state index contributed by atoms with van der Waals surface area (Å²) in [5, 5.41) is 0. The summed E-state index contributed by atoms with van der Waals surface area (Å²) in [5.74, 6) is 1.04. The summed E-state index contributed by atoms with van der Waals surface area (Å²) in [6.45, 7) is 2.14. The number of hydrogen-bond donors (Lipinski definition) is 0. The minimum Gasteiger partial charge on any atom is -0.467 e. The number of fused-ring (bicyclic) bond motifs is 1. The van der Waals surface area contributed by atoms with Crippen LogP contribution in [-0.2, 0) is 0 Å². The first-order chi connectivity index (χ1) is 6.70. The van der Waals surface area contributed by atoms with Crippen molar-refractivity contribution in [1.29, 1.82) is 0 Å². The van der Waals surface area contributed by atoms with E-state index in [1.165, 1.54) is 11.1 Å². The quantitative estimate of drug-likeness (QED) is 0.722. The Morgan fingerprint density at radius 2 is 2.00 bits per heavy atom. The molecular weight excluding hydrogens is 174 g/mol. The summed E-state index contributed by atoms with van der Waals surface area (Å²) >= 11 is 0. The molecule has 14 heavy (non-hydrogen) atoms. The SMILES string of the molecule is CC(c1occc2cccc1-2)N(C)C. The summed E-state index contributed by atoms with van der Waals surface area (Å²) in [6.07, 6.45) is 1.76. The molecule has 0 fully saturated rings. The van der Waals surface area contributed by atoms with Gasteiger partial charge in [0.05, 0.1) is 12.3 Å². The molecule has 2 aliphatic rings. The second-order valence-electron chi connectivity index (χ2n) is 3.82. The Hall–Kier alpha value is -1.28. The van der Waals surface area contributed by atoms with E-state index in [-0.39, 0.29) is 0 Å². The molecule has 1 aliphatic carbocycles. The Bertz CT molecular complexity index is 391. The van der Waals surface area contributed by atoms with Gasteiger partial charge in [0.2, 0.25) is 0 Å². The summed E-state index contributed by atoms with van der Waals surface area (Å²) < 4.78 is 5.58. The smallest absolute Gasteiger partial charge is 0.128 e. The highest BCUT2D eigenvalue weighted by molar-refractivity contribution is 5.68. The van der Waals surface area contributed by atoms with E-state index in [1.54, 1.807) is 6.26 Å². The van der Waals surface area contributed by atoms with E-state index in [0.717, 1.165) is 5.76 Å². The number of nitrogens with zero attached hydrogens (tertiary/aromatic N) is 1. The maximum atomic E-state index is 5.58. The summed E-state index contributed by atoms with van der Waals surface area (Å²) in [6, 6.07) is 8.58. The van der Waals surface area contributed by atoms with Gasteiger partial charge in [0.25, 0.3) is 0 Å². The van der Waals surface area contributed by atoms with Crippen LogP contribution in [0.4, 0.5) is 0 Å². The maximum Gasteiger partial charge on any atom is 0.128 e. The van der Waals surface area contributed by atoms with Crippen molar-refractivity contribution in [3.63, 3.8) is 0 Å². The fraction of sp³-hybridized carbons (Fsp3) is 0.333. The Balaban J connectivity index is 2.48. The van der Waals surface area contributed by atoms with Crippen molar-refractivity contribution >= 4 is 0 Å². The molecule has 0 amide bonds. The monoisotopic (exact) mass is 189 g/mol. The van der Waals surface area contributed by atoms with Crippen molar-refractivity contribution < 1.29 is 4.42 Å². The highest BCUT2D eigenvalue weighted by Gasteiger charge is 2.17. The molecule has 1 aliphatic heterocycles. The zero-order chi connectivity index (χ0) is 10.1. The van der Waals surface area contributed by atoms with Crippen molar-refractivity contribution in [2.45, 2.75) is 13.0 Å². The van der Waals surface area contributed by atoms with Crippen LogP contribution in [0.25, 0.3) is 11.1 Å². The number of rotatable bonds is 2. The molecule has 0 radical (unpaired) electrons. The van der Waals surface area contributed by atoms with Crippen molar-refractivity contribution in [3.8, 4) is 11.1 Å². The first-order valence-electron chi connectivity index (χ1n) is 4.82. The van der Waals surface area contributed by atoms with Gasteiger partial charge in [0.1, 0.15) is 5.76 Å². The van der Waals surface area contributed by atoms with Gasteiger partial charge >= 0.3 is 0 Å². The van der Waals surface area contributed by atoms with Crippen molar-refractivity contribution in [3.05, 3.63) is 36.3 Å². The third-order valence-electron chi connectivity index (χ3n) is 2.71. The molecule has 0 saturated heterocycles. The number of hydrogen-bond acceptors (Lipinski definition) is 2. The highest BCUT2D eigenvalue weighted by Crippen LogP contribution is 2.32. The summed E-state index contributed by atoms with van der Waals surface area (Å²) in [4.78, 5) is 2.14.